The highest BCUT2D eigenvalue weighted by Crippen LogP contribution is 2.29. The normalized spacial score (nSPS) is 11.9. The SMILES string of the molecule is CC(C)c1ccc(CCNC(=O)/C=C/c2cccc(C(F)(F)F)c2)cc1. The van der Waals surface area contributed by atoms with E-state index in [0.717, 1.165) is 17.7 Å². The Kier molecular flexibility index (Phi) is 6.61. The number of alkyl halides is 3. The summed E-state index contributed by atoms with van der Waals surface area (Å²) in [4.78, 5) is 11.8. The van der Waals surface area contributed by atoms with Crippen molar-refractivity contribution in [1.82, 2.24) is 5.32 Å². The number of benzene rings is 2. The van der Waals surface area contributed by atoms with Crippen LogP contribution in [-0.4, -0.2) is 12.5 Å². The molecule has 0 saturated heterocycles. The predicted octanol–water partition coefficient (Wildman–Crippen LogP) is 5.20. The van der Waals surface area contributed by atoms with Crippen LogP contribution in [0.5, 0.6) is 0 Å². The van der Waals surface area contributed by atoms with Crippen molar-refractivity contribution in [3.8, 4) is 0 Å². The number of amides is 1. The van der Waals surface area contributed by atoms with Crippen molar-refractivity contribution < 1.29 is 18.0 Å². The highest BCUT2D eigenvalue weighted by molar-refractivity contribution is 5.91. The van der Waals surface area contributed by atoms with E-state index in [0.29, 0.717) is 24.4 Å². The summed E-state index contributed by atoms with van der Waals surface area (Å²) < 4.78 is 38.0. The fourth-order valence-electron chi connectivity index (χ4n) is 2.45. The summed E-state index contributed by atoms with van der Waals surface area (Å²) in [6.45, 7) is 4.73. The number of hydrogen-bond donors (Lipinski definition) is 1. The predicted molar refractivity (Wildman–Crippen MR) is 97.7 cm³/mol. The molecule has 0 radical (unpaired) electrons. The fourth-order valence-corrected chi connectivity index (χ4v) is 2.45. The molecule has 0 aliphatic rings. The zero-order valence-corrected chi connectivity index (χ0v) is 14.8. The number of carbonyl (C=O) groups excluding carboxylic acids is 1. The van der Waals surface area contributed by atoms with Crippen LogP contribution >= 0.6 is 0 Å². The van der Waals surface area contributed by atoms with Crippen LogP contribution in [0, 0.1) is 0 Å². The second kappa shape index (κ2) is 8.70. The van der Waals surface area contributed by atoms with Gasteiger partial charge in [0.2, 0.25) is 5.91 Å². The Morgan fingerprint density at radius 3 is 2.42 bits per heavy atom. The molecule has 138 valence electrons. The maximum absolute atomic E-state index is 12.7. The Morgan fingerprint density at radius 2 is 1.81 bits per heavy atom. The third-order valence-electron chi connectivity index (χ3n) is 4.00. The van der Waals surface area contributed by atoms with Crippen molar-refractivity contribution in [2.45, 2.75) is 32.4 Å². The summed E-state index contributed by atoms with van der Waals surface area (Å²) >= 11 is 0. The van der Waals surface area contributed by atoms with E-state index in [1.165, 1.54) is 29.8 Å². The third-order valence-corrected chi connectivity index (χ3v) is 4.00. The van der Waals surface area contributed by atoms with Gasteiger partial charge in [-0.2, -0.15) is 13.2 Å². The van der Waals surface area contributed by atoms with Gasteiger partial charge in [0, 0.05) is 12.6 Å². The molecular weight excluding hydrogens is 339 g/mol. The lowest BCUT2D eigenvalue weighted by atomic mass is 10.0. The van der Waals surface area contributed by atoms with E-state index in [2.05, 4.69) is 31.3 Å². The zero-order valence-electron chi connectivity index (χ0n) is 14.8. The molecule has 0 aromatic heterocycles. The molecule has 2 aromatic carbocycles. The Morgan fingerprint density at radius 1 is 1.12 bits per heavy atom. The van der Waals surface area contributed by atoms with Gasteiger partial charge in [0.25, 0.3) is 0 Å². The van der Waals surface area contributed by atoms with Crippen molar-refractivity contribution >= 4 is 12.0 Å². The van der Waals surface area contributed by atoms with E-state index < -0.39 is 11.7 Å². The van der Waals surface area contributed by atoms with Gasteiger partial charge in [0.05, 0.1) is 5.56 Å². The summed E-state index contributed by atoms with van der Waals surface area (Å²) in [7, 11) is 0. The second-order valence-corrected chi connectivity index (χ2v) is 6.39. The topological polar surface area (TPSA) is 29.1 Å². The summed E-state index contributed by atoms with van der Waals surface area (Å²) in [6, 6.07) is 13.1. The number of carbonyl (C=O) groups is 1. The second-order valence-electron chi connectivity index (χ2n) is 6.39. The first-order valence-electron chi connectivity index (χ1n) is 8.47. The van der Waals surface area contributed by atoms with Crippen LogP contribution in [0.25, 0.3) is 6.08 Å². The summed E-state index contributed by atoms with van der Waals surface area (Å²) in [5.41, 5.74) is 1.99. The molecule has 2 rings (SSSR count). The van der Waals surface area contributed by atoms with Gasteiger partial charge < -0.3 is 5.32 Å². The first kappa shape index (κ1) is 19.8. The molecule has 0 unspecified atom stereocenters. The molecule has 5 heteroatoms. The Hall–Kier alpha value is -2.56. The lowest BCUT2D eigenvalue weighted by Crippen LogP contribution is -2.23. The van der Waals surface area contributed by atoms with Crippen LogP contribution in [0.15, 0.2) is 54.6 Å². The Labute approximate surface area is 151 Å². The van der Waals surface area contributed by atoms with E-state index in [1.807, 2.05) is 12.1 Å². The van der Waals surface area contributed by atoms with Gasteiger partial charge in [-0.3, -0.25) is 4.79 Å². The number of nitrogens with one attached hydrogen (secondary N) is 1. The average molecular weight is 361 g/mol. The van der Waals surface area contributed by atoms with Crippen LogP contribution in [-0.2, 0) is 17.4 Å². The van der Waals surface area contributed by atoms with Gasteiger partial charge in [-0.05, 0) is 47.2 Å². The molecule has 0 spiro atoms. The van der Waals surface area contributed by atoms with E-state index in [9.17, 15) is 18.0 Å². The van der Waals surface area contributed by atoms with Gasteiger partial charge in [0.15, 0.2) is 0 Å². The molecule has 1 amide bonds. The molecule has 26 heavy (non-hydrogen) atoms. The van der Waals surface area contributed by atoms with E-state index in [4.69, 9.17) is 0 Å². The Balaban J connectivity index is 1.84. The molecule has 0 saturated carbocycles. The molecule has 0 atom stereocenters. The van der Waals surface area contributed by atoms with E-state index in [-0.39, 0.29) is 5.91 Å². The molecule has 2 nitrogen and oxygen atoms in total. The van der Waals surface area contributed by atoms with Crippen molar-refractivity contribution in [3.05, 3.63) is 76.9 Å². The van der Waals surface area contributed by atoms with Crippen LogP contribution in [0.1, 0.15) is 42.0 Å². The molecule has 2 aromatic rings. The molecule has 0 heterocycles. The largest absolute Gasteiger partial charge is 0.416 e. The minimum atomic E-state index is -4.39. The third kappa shape index (κ3) is 6.06. The Bertz CT molecular complexity index is 762. The fraction of sp³-hybridized carbons (Fsp3) is 0.286. The van der Waals surface area contributed by atoms with Gasteiger partial charge in [-0.1, -0.05) is 50.2 Å². The monoisotopic (exact) mass is 361 g/mol. The van der Waals surface area contributed by atoms with Crippen molar-refractivity contribution in [2.75, 3.05) is 6.54 Å². The van der Waals surface area contributed by atoms with Gasteiger partial charge in [0.1, 0.15) is 0 Å². The van der Waals surface area contributed by atoms with Crippen LogP contribution < -0.4 is 5.32 Å². The highest BCUT2D eigenvalue weighted by atomic mass is 19.4. The first-order valence-corrected chi connectivity index (χ1v) is 8.47. The molecule has 0 bridgehead atoms. The highest BCUT2D eigenvalue weighted by Gasteiger charge is 2.30. The number of hydrogen-bond acceptors (Lipinski definition) is 1. The average Bonchev–Trinajstić information content (AvgIpc) is 2.60. The molecular formula is C21H22F3NO. The standard InChI is InChI=1S/C21H22F3NO/c1-15(2)18-9-6-16(7-10-18)12-13-25-20(26)11-8-17-4-3-5-19(14-17)21(22,23)24/h3-11,14-15H,12-13H2,1-2H3,(H,25,26)/b11-8+. The quantitative estimate of drug-likeness (QED) is 0.704. The minimum Gasteiger partial charge on any atom is -0.352 e. The van der Waals surface area contributed by atoms with Crippen LogP contribution in [0.4, 0.5) is 13.2 Å². The van der Waals surface area contributed by atoms with Crippen LogP contribution in [0.3, 0.4) is 0 Å². The zero-order chi connectivity index (χ0) is 19.2. The van der Waals surface area contributed by atoms with Gasteiger partial charge in [-0.15, -0.1) is 0 Å². The summed E-state index contributed by atoms with van der Waals surface area (Å²) in [6.07, 6.45) is -1.07. The summed E-state index contributed by atoms with van der Waals surface area (Å²) in [5, 5.41) is 2.74. The van der Waals surface area contributed by atoms with Crippen molar-refractivity contribution in [2.24, 2.45) is 0 Å². The van der Waals surface area contributed by atoms with Gasteiger partial charge >= 0.3 is 6.18 Å². The van der Waals surface area contributed by atoms with E-state index >= 15 is 0 Å². The summed E-state index contributed by atoms with van der Waals surface area (Å²) in [5.74, 6) is 0.144. The smallest absolute Gasteiger partial charge is 0.352 e. The first-order chi connectivity index (χ1) is 12.3. The van der Waals surface area contributed by atoms with Crippen LogP contribution in [0.2, 0.25) is 0 Å². The molecule has 0 aliphatic heterocycles. The molecule has 0 fully saturated rings. The number of halogens is 3. The van der Waals surface area contributed by atoms with Crippen molar-refractivity contribution in [1.29, 1.82) is 0 Å². The lowest BCUT2D eigenvalue weighted by molar-refractivity contribution is -0.137. The van der Waals surface area contributed by atoms with Crippen molar-refractivity contribution in [3.63, 3.8) is 0 Å². The van der Waals surface area contributed by atoms with Gasteiger partial charge in [-0.25, -0.2) is 0 Å². The molecule has 0 aliphatic carbocycles. The number of rotatable bonds is 6. The minimum absolute atomic E-state index is 0.332. The maximum Gasteiger partial charge on any atom is 0.416 e. The molecule has 1 N–H and O–H groups in total. The maximum atomic E-state index is 12.7. The lowest BCUT2D eigenvalue weighted by Gasteiger charge is -2.07. The van der Waals surface area contributed by atoms with E-state index in [1.54, 1.807) is 0 Å².